The highest BCUT2D eigenvalue weighted by Crippen LogP contribution is 2.31. The third kappa shape index (κ3) is 2.33. The molecule has 0 atom stereocenters. The van der Waals surface area contributed by atoms with Crippen LogP contribution >= 0.6 is 35.1 Å². The highest BCUT2D eigenvalue weighted by Gasteiger charge is 2.18. The first-order valence-corrected chi connectivity index (χ1v) is 7.23. The number of nitrogens with one attached hydrogen (secondary N) is 1. The summed E-state index contributed by atoms with van der Waals surface area (Å²) in [6.45, 7) is 0. The lowest BCUT2D eigenvalue weighted by Gasteiger charge is -2.27. The molecular formula is C10H12ClNS2. The van der Waals surface area contributed by atoms with Gasteiger partial charge in [0.1, 0.15) is 0 Å². The molecule has 0 amide bonds. The summed E-state index contributed by atoms with van der Waals surface area (Å²) in [6.07, 6.45) is 2.09. The average Bonchev–Trinajstić information content (AvgIpc) is 2.12. The van der Waals surface area contributed by atoms with Gasteiger partial charge in [-0.05, 0) is 24.5 Å². The lowest BCUT2D eigenvalue weighted by atomic mass is 10.3. The molecule has 0 spiro atoms. The van der Waals surface area contributed by atoms with Gasteiger partial charge < -0.3 is 5.32 Å². The van der Waals surface area contributed by atoms with Gasteiger partial charge >= 0.3 is 0 Å². The largest absolute Gasteiger partial charge is 0.380 e. The lowest BCUT2D eigenvalue weighted by Crippen LogP contribution is -2.33. The van der Waals surface area contributed by atoms with Gasteiger partial charge in [0.25, 0.3) is 0 Å². The molecule has 76 valence electrons. The van der Waals surface area contributed by atoms with Crippen LogP contribution in [0.2, 0.25) is 5.02 Å². The summed E-state index contributed by atoms with van der Waals surface area (Å²) in [5, 5.41) is 4.32. The first-order chi connectivity index (χ1) is 6.79. The van der Waals surface area contributed by atoms with Crippen molar-refractivity contribution in [3.8, 4) is 0 Å². The van der Waals surface area contributed by atoms with E-state index in [1.165, 1.54) is 22.1 Å². The monoisotopic (exact) mass is 245 g/mol. The van der Waals surface area contributed by atoms with Gasteiger partial charge in [-0.25, -0.2) is 0 Å². The molecule has 0 aliphatic carbocycles. The molecule has 1 saturated heterocycles. The van der Waals surface area contributed by atoms with Crippen molar-refractivity contribution in [3.05, 3.63) is 23.2 Å². The minimum Gasteiger partial charge on any atom is -0.380 e. The Morgan fingerprint density at radius 1 is 1.50 bits per heavy atom. The standard InChI is InChI=1S/C10H12ClNS2/c1-13-10-3-2-7(11)4-9(10)12-8-5-14-6-8/h2-4,8,12H,5-6H2,1H3. The maximum Gasteiger partial charge on any atom is 0.0495 e. The molecule has 0 saturated carbocycles. The van der Waals surface area contributed by atoms with Crippen molar-refractivity contribution in [2.24, 2.45) is 0 Å². The van der Waals surface area contributed by atoms with Crippen molar-refractivity contribution < 1.29 is 0 Å². The number of hydrogen-bond donors (Lipinski definition) is 1. The summed E-state index contributed by atoms with van der Waals surface area (Å²) in [4.78, 5) is 1.27. The molecule has 14 heavy (non-hydrogen) atoms. The molecule has 0 bridgehead atoms. The first-order valence-electron chi connectivity index (χ1n) is 4.47. The minimum atomic E-state index is 0.629. The second kappa shape index (κ2) is 4.69. The summed E-state index contributed by atoms with van der Waals surface area (Å²) in [6, 6.07) is 6.65. The number of benzene rings is 1. The van der Waals surface area contributed by atoms with Gasteiger partial charge in [0.15, 0.2) is 0 Å². The lowest BCUT2D eigenvalue weighted by molar-refractivity contribution is 0.877. The molecule has 1 N–H and O–H groups in total. The van der Waals surface area contributed by atoms with E-state index in [-0.39, 0.29) is 0 Å². The second-order valence-corrected chi connectivity index (χ2v) is 5.58. The highest BCUT2D eigenvalue weighted by atomic mass is 35.5. The molecule has 1 heterocycles. The average molecular weight is 246 g/mol. The molecule has 0 unspecified atom stereocenters. The molecule has 1 aliphatic rings. The quantitative estimate of drug-likeness (QED) is 0.818. The number of thioether (sulfide) groups is 2. The van der Waals surface area contributed by atoms with Gasteiger partial charge in [-0.15, -0.1) is 11.8 Å². The van der Waals surface area contributed by atoms with Gasteiger partial charge in [-0.3, -0.25) is 0 Å². The van der Waals surface area contributed by atoms with Crippen molar-refractivity contribution in [3.63, 3.8) is 0 Å². The summed E-state index contributed by atoms with van der Waals surface area (Å²) in [5.41, 5.74) is 1.18. The Balaban J connectivity index is 2.15. The second-order valence-electron chi connectivity index (χ2n) is 3.22. The van der Waals surface area contributed by atoms with E-state index < -0.39 is 0 Å². The van der Waals surface area contributed by atoms with E-state index in [1.54, 1.807) is 11.8 Å². The Morgan fingerprint density at radius 3 is 2.86 bits per heavy atom. The predicted octanol–water partition coefficient (Wildman–Crippen LogP) is 3.59. The van der Waals surface area contributed by atoms with Crippen molar-refractivity contribution >= 4 is 40.8 Å². The maximum absolute atomic E-state index is 5.96. The highest BCUT2D eigenvalue weighted by molar-refractivity contribution is 8.00. The van der Waals surface area contributed by atoms with Crippen LogP contribution in [0, 0.1) is 0 Å². The van der Waals surface area contributed by atoms with Crippen molar-refractivity contribution in [2.75, 3.05) is 23.1 Å². The molecular weight excluding hydrogens is 234 g/mol. The normalized spacial score (nSPS) is 16.4. The van der Waals surface area contributed by atoms with Crippen LogP contribution in [0.3, 0.4) is 0 Å². The van der Waals surface area contributed by atoms with Crippen LogP contribution in [0.15, 0.2) is 23.1 Å². The first kappa shape index (κ1) is 10.5. The van der Waals surface area contributed by atoms with E-state index in [4.69, 9.17) is 11.6 Å². The molecule has 1 nitrogen and oxygen atoms in total. The van der Waals surface area contributed by atoms with Crippen molar-refractivity contribution in [1.29, 1.82) is 0 Å². The van der Waals surface area contributed by atoms with E-state index in [0.29, 0.717) is 6.04 Å². The van der Waals surface area contributed by atoms with Crippen LogP contribution in [0.25, 0.3) is 0 Å². The number of rotatable bonds is 3. The molecule has 2 rings (SSSR count). The summed E-state index contributed by atoms with van der Waals surface area (Å²) in [5.74, 6) is 2.42. The smallest absolute Gasteiger partial charge is 0.0495 e. The van der Waals surface area contributed by atoms with E-state index in [2.05, 4.69) is 17.6 Å². The van der Waals surface area contributed by atoms with Gasteiger partial charge in [0, 0.05) is 33.2 Å². The van der Waals surface area contributed by atoms with Crippen LogP contribution < -0.4 is 5.32 Å². The molecule has 4 heteroatoms. The van der Waals surface area contributed by atoms with E-state index in [1.807, 2.05) is 23.9 Å². The van der Waals surface area contributed by atoms with Gasteiger partial charge in [-0.1, -0.05) is 11.6 Å². The summed E-state index contributed by atoms with van der Waals surface area (Å²) < 4.78 is 0. The zero-order chi connectivity index (χ0) is 9.97. The molecule has 0 radical (unpaired) electrons. The SMILES string of the molecule is CSc1ccc(Cl)cc1NC1CSC1. The third-order valence-electron chi connectivity index (χ3n) is 2.16. The third-order valence-corrected chi connectivity index (χ3v) is 4.47. The number of anilines is 1. The molecule has 0 aromatic heterocycles. The maximum atomic E-state index is 5.96. The fraction of sp³-hybridized carbons (Fsp3) is 0.400. The zero-order valence-corrected chi connectivity index (χ0v) is 10.3. The topological polar surface area (TPSA) is 12.0 Å². The van der Waals surface area contributed by atoms with E-state index >= 15 is 0 Å². The molecule has 1 aromatic rings. The van der Waals surface area contributed by atoms with E-state index in [9.17, 15) is 0 Å². The fourth-order valence-corrected chi connectivity index (χ4v) is 2.68. The Kier molecular flexibility index (Phi) is 3.52. The Labute approximate surface area is 98.0 Å². The molecule has 1 aliphatic heterocycles. The van der Waals surface area contributed by atoms with Crippen LogP contribution in [0.4, 0.5) is 5.69 Å². The van der Waals surface area contributed by atoms with E-state index in [0.717, 1.165) is 5.02 Å². The van der Waals surface area contributed by atoms with Crippen molar-refractivity contribution in [1.82, 2.24) is 0 Å². The van der Waals surface area contributed by atoms with Gasteiger partial charge in [0.05, 0.1) is 0 Å². The molecule has 1 aromatic carbocycles. The predicted molar refractivity (Wildman–Crippen MR) is 68.0 cm³/mol. The van der Waals surface area contributed by atoms with Gasteiger partial charge in [0.2, 0.25) is 0 Å². The molecule has 1 fully saturated rings. The number of hydrogen-bond acceptors (Lipinski definition) is 3. The summed E-state index contributed by atoms with van der Waals surface area (Å²) >= 11 is 9.70. The fourth-order valence-electron chi connectivity index (χ4n) is 1.33. The Morgan fingerprint density at radius 2 is 2.29 bits per heavy atom. The Hall–Kier alpha value is 0.01000. The summed E-state index contributed by atoms with van der Waals surface area (Å²) in [7, 11) is 0. The van der Waals surface area contributed by atoms with Crippen LogP contribution in [0.5, 0.6) is 0 Å². The van der Waals surface area contributed by atoms with Crippen LogP contribution in [0.1, 0.15) is 0 Å². The van der Waals surface area contributed by atoms with Crippen molar-refractivity contribution in [2.45, 2.75) is 10.9 Å². The number of halogens is 1. The minimum absolute atomic E-state index is 0.629. The van der Waals surface area contributed by atoms with Crippen LogP contribution in [-0.4, -0.2) is 23.8 Å². The van der Waals surface area contributed by atoms with Crippen LogP contribution in [-0.2, 0) is 0 Å². The van der Waals surface area contributed by atoms with Gasteiger partial charge in [-0.2, -0.15) is 11.8 Å². The zero-order valence-electron chi connectivity index (χ0n) is 7.92. The Bertz CT molecular complexity index is 326.